The number of nitrogens with zero attached hydrogens (tertiary/aromatic N) is 4. The van der Waals surface area contributed by atoms with Crippen LogP contribution < -0.4 is 16.4 Å². The van der Waals surface area contributed by atoms with Crippen LogP contribution in [-0.4, -0.2) is 134 Å². The van der Waals surface area contributed by atoms with Gasteiger partial charge >= 0.3 is 23.5 Å². The number of imidazole rings is 1. The molecule has 29 heteroatoms. The number of aliphatic hydroxyl groups is 2. The zero-order chi connectivity index (χ0) is 43.1. The molecule has 7 atom stereocenters. The number of fused-ring (bicyclic) bond motifs is 1. The third-order valence-electron chi connectivity index (χ3n) is 8.07. The lowest BCUT2D eigenvalue weighted by atomic mass is 9.87. The third-order valence-corrected chi connectivity index (χ3v) is 12.1. The summed E-state index contributed by atoms with van der Waals surface area (Å²) in [6.45, 7) is 0.471. The normalized spacial score (nSPS) is 21.2. The number of ether oxygens (including phenoxy) is 1. The Balaban J connectivity index is 1.21. The zero-order valence-corrected chi connectivity index (χ0v) is 34.0. The first-order valence-corrected chi connectivity index (χ1v) is 22.4. The number of amides is 2. The van der Waals surface area contributed by atoms with E-state index in [0.717, 1.165) is 17.2 Å². The first-order valence-electron chi connectivity index (χ1n) is 16.8. The van der Waals surface area contributed by atoms with Gasteiger partial charge in [-0.2, -0.15) is 16.1 Å². The number of hydrogen-bond donors (Lipinski definition) is 10. The predicted molar refractivity (Wildman–Crippen MR) is 199 cm³/mol. The second-order valence-electron chi connectivity index (χ2n) is 13.1. The van der Waals surface area contributed by atoms with Crippen molar-refractivity contribution in [2.75, 3.05) is 43.5 Å². The topological polar surface area (TPSA) is 384 Å². The molecule has 11 N–H and O–H groups in total. The van der Waals surface area contributed by atoms with Crippen LogP contribution in [0.2, 0.25) is 0 Å². The van der Waals surface area contributed by atoms with Gasteiger partial charge in [0.05, 0.1) is 25.3 Å². The van der Waals surface area contributed by atoms with Crippen molar-refractivity contribution in [2.45, 2.75) is 50.9 Å². The number of phenolic OH excluding ortho intramolecular Hbond substituents is 1. The Labute approximate surface area is 333 Å². The number of ketones is 1. The van der Waals surface area contributed by atoms with E-state index in [4.69, 9.17) is 19.5 Å². The van der Waals surface area contributed by atoms with Crippen molar-refractivity contribution >= 4 is 69.8 Å². The zero-order valence-electron chi connectivity index (χ0n) is 30.5. The Morgan fingerprint density at radius 3 is 2.36 bits per heavy atom. The van der Waals surface area contributed by atoms with Crippen LogP contribution >= 0.6 is 35.2 Å². The monoisotopic (exact) mass is 901 g/mol. The summed E-state index contributed by atoms with van der Waals surface area (Å²) in [5.41, 5.74) is 4.68. The fourth-order valence-electron chi connectivity index (χ4n) is 5.10. The molecule has 3 aromatic rings. The summed E-state index contributed by atoms with van der Waals surface area (Å²) in [7, 11) is -16.4. The highest BCUT2D eigenvalue weighted by molar-refractivity contribution is 8.00. The van der Waals surface area contributed by atoms with Crippen LogP contribution in [0.4, 0.5) is 5.82 Å². The van der Waals surface area contributed by atoms with Gasteiger partial charge in [0.25, 0.3) is 0 Å². The van der Waals surface area contributed by atoms with E-state index in [1.54, 1.807) is 0 Å². The number of phenols is 1. The van der Waals surface area contributed by atoms with E-state index >= 15 is 0 Å². The average Bonchev–Trinajstić information content (AvgIpc) is 3.69. The number of aromatic hydroxyl groups is 1. The molecular formula is C29H42N7O18P3S. The van der Waals surface area contributed by atoms with Gasteiger partial charge in [-0.25, -0.2) is 28.6 Å². The highest BCUT2D eigenvalue weighted by atomic mass is 32.2. The van der Waals surface area contributed by atoms with Crippen LogP contribution in [0.3, 0.4) is 0 Å². The number of nitrogens with two attached hydrogens (primary N) is 1. The quantitative estimate of drug-likeness (QED) is 0.0352. The summed E-state index contributed by atoms with van der Waals surface area (Å²) in [6.07, 6.45) is -6.97. The lowest BCUT2D eigenvalue weighted by Crippen LogP contribution is -2.46. The molecule has 58 heavy (non-hydrogen) atoms. The van der Waals surface area contributed by atoms with Gasteiger partial charge in [0, 0.05) is 36.2 Å². The van der Waals surface area contributed by atoms with Gasteiger partial charge in [0.2, 0.25) is 11.8 Å². The Kier molecular flexibility index (Phi) is 16.1. The molecule has 25 nitrogen and oxygen atoms in total. The van der Waals surface area contributed by atoms with E-state index in [0.29, 0.717) is 11.3 Å². The molecule has 1 aliphatic rings. The number of Topliss-reactive ketones (excluding diaryl/α,β-unsaturated/α-hetero) is 1. The first kappa shape index (κ1) is 47.3. The maximum atomic E-state index is 12.7. The van der Waals surface area contributed by atoms with E-state index in [1.165, 1.54) is 49.9 Å². The highest BCUT2D eigenvalue weighted by Gasteiger charge is 2.50. The van der Waals surface area contributed by atoms with Gasteiger partial charge in [0.1, 0.15) is 42.0 Å². The van der Waals surface area contributed by atoms with Gasteiger partial charge in [-0.15, -0.1) is 0 Å². The standard InChI is InChI=1S/C29H42N7O18P3S/c1-29(2,24(41)27(42)32-8-7-20(39)31-9-10-58-12-18(38)16-3-5-17(37)6-4-16)13-51-57(48,49)54-56(46,47)50-11-19-23(53-55(43,44)45)22(40)28(52-19)36-15-35-21-25(30)33-14-34-26(21)36/h3-6,14-15,19,22-24,28,37,40-41H,7-13H2,1-2H3,(H,31,39)(H,32,42)(H,46,47)(H,48,49)(H2,30,33,34)(H2,43,44,45)/t19-,22-,23-,24+,28-/m1/s1. The summed E-state index contributed by atoms with van der Waals surface area (Å²) in [5, 5.41) is 35.7. The molecule has 3 heterocycles. The van der Waals surface area contributed by atoms with Crippen molar-refractivity contribution in [1.82, 2.24) is 30.2 Å². The molecule has 1 saturated heterocycles. The molecular weight excluding hydrogens is 859 g/mol. The van der Waals surface area contributed by atoms with Crippen LogP contribution in [0.5, 0.6) is 5.75 Å². The van der Waals surface area contributed by atoms with Crippen LogP contribution in [0.15, 0.2) is 36.9 Å². The number of nitrogen functional groups attached to an aromatic ring is 1. The van der Waals surface area contributed by atoms with Crippen molar-refractivity contribution in [3.63, 3.8) is 0 Å². The molecule has 0 radical (unpaired) electrons. The lowest BCUT2D eigenvalue weighted by molar-refractivity contribution is -0.137. The van der Waals surface area contributed by atoms with Gasteiger partial charge < -0.3 is 56.0 Å². The molecule has 0 spiro atoms. The number of thioether (sulfide) groups is 1. The molecule has 0 bridgehead atoms. The van der Waals surface area contributed by atoms with Crippen molar-refractivity contribution in [3.05, 3.63) is 42.5 Å². The van der Waals surface area contributed by atoms with Gasteiger partial charge in [-0.3, -0.25) is 32.5 Å². The number of aromatic nitrogens is 4. The predicted octanol–water partition coefficient (Wildman–Crippen LogP) is -0.273. The fourth-order valence-corrected chi connectivity index (χ4v) is 8.67. The minimum absolute atomic E-state index is 0.0259. The Bertz CT molecular complexity index is 2070. The number of rotatable bonds is 22. The minimum Gasteiger partial charge on any atom is -0.508 e. The maximum Gasteiger partial charge on any atom is 0.481 e. The number of aliphatic hydroxyl groups excluding tert-OH is 2. The molecule has 1 aromatic carbocycles. The Hall–Kier alpha value is -3.42. The lowest BCUT2D eigenvalue weighted by Gasteiger charge is -2.30. The number of carbonyl (C=O) groups is 3. The average molecular weight is 902 g/mol. The largest absolute Gasteiger partial charge is 0.508 e. The number of phosphoric acid groups is 3. The Morgan fingerprint density at radius 1 is 1.02 bits per heavy atom. The number of carbonyl (C=O) groups excluding carboxylic acids is 3. The summed E-state index contributed by atoms with van der Waals surface area (Å²) in [6, 6.07) is 5.80. The molecule has 0 aliphatic carbocycles. The first-order chi connectivity index (χ1) is 27.0. The van der Waals surface area contributed by atoms with E-state index in [1.807, 2.05) is 0 Å². The number of phosphoric ester groups is 3. The summed E-state index contributed by atoms with van der Waals surface area (Å²) in [4.78, 5) is 87.8. The van der Waals surface area contributed by atoms with Gasteiger partial charge in [-0.1, -0.05) is 13.8 Å². The van der Waals surface area contributed by atoms with Crippen LogP contribution in [-0.2, 0) is 45.9 Å². The third kappa shape index (κ3) is 13.6. The number of nitrogens with one attached hydrogen (secondary N) is 2. The van der Waals surface area contributed by atoms with E-state index < -0.39 is 84.6 Å². The highest BCUT2D eigenvalue weighted by Crippen LogP contribution is 2.61. The summed E-state index contributed by atoms with van der Waals surface area (Å²) in [5.74, 6) is -1.02. The van der Waals surface area contributed by atoms with Crippen molar-refractivity contribution < 1.29 is 85.6 Å². The molecule has 322 valence electrons. The van der Waals surface area contributed by atoms with Crippen molar-refractivity contribution in [3.8, 4) is 5.75 Å². The van der Waals surface area contributed by atoms with Crippen LogP contribution in [0, 0.1) is 5.41 Å². The van der Waals surface area contributed by atoms with Crippen molar-refractivity contribution in [1.29, 1.82) is 0 Å². The minimum atomic E-state index is -5.58. The molecule has 2 aromatic heterocycles. The second kappa shape index (κ2) is 19.8. The van der Waals surface area contributed by atoms with Crippen LogP contribution in [0.1, 0.15) is 36.9 Å². The van der Waals surface area contributed by atoms with E-state index in [9.17, 15) is 63.0 Å². The molecule has 1 aliphatic heterocycles. The van der Waals surface area contributed by atoms with Gasteiger partial charge in [0.15, 0.2) is 23.5 Å². The van der Waals surface area contributed by atoms with E-state index in [-0.39, 0.29) is 53.8 Å². The van der Waals surface area contributed by atoms with Crippen LogP contribution in [0.25, 0.3) is 11.2 Å². The molecule has 2 amide bonds. The molecule has 4 rings (SSSR count). The second-order valence-corrected chi connectivity index (χ2v) is 18.4. The smallest absolute Gasteiger partial charge is 0.481 e. The number of benzene rings is 1. The molecule has 1 fully saturated rings. The SMILES string of the molecule is CC(C)(COP(=O)(O)OP(=O)(O)OC[C@H]1O[C@@H](n2cnc3c(N)ncnc32)[C@H](O)[C@@H]1OP(=O)(O)O)[C@@H](O)C(=O)NCCC(=O)NCCSCC(=O)c1ccc(O)cc1. The molecule has 0 saturated carbocycles. The van der Waals surface area contributed by atoms with Crippen molar-refractivity contribution in [2.24, 2.45) is 5.41 Å². The number of hydrogen-bond acceptors (Lipinski definition) is 19. The van der Waals surface area contributed by atoms with E-state index in [2.05, 4.69) is 34.4 Å². The summed E-state index contributed by atoms with van der Waals surface area (Å²) < 4.78 is 62.1. The molecule has 2 unspecified atom stereocenters. The van der Waals surface area contributed by atoms with Gasteiger partial charge in [-0.05, 0) is 24.3 Å². The fraction of sp³-hybridized carbons (Fsp3) is 0.517. The summed E-state index contributed by atoms with van der Waals surface area (Å²) >= 11 is 1.28. The number of anilines is 1. The Morgan fingerprint density at radius 2 is 1.69 bits per heavy atom. The maximum absolute atomic E-state index is 12.7.